The summed E-state index contributed by atoms with van der Waals surface area (Å²) in [5.41, 5.74) is 1.24. The number of ether oxygens (including phenoxy) is 1. The van der Waals surface area contributed by atoms with Gasteiger partial charge in [-0.05, 0) is 53.5 Å². The maximum atomic E-state index is 10.1. The number of aliphatic hydroxyl groups is 1. The highest BCUT2D eigenvalue weighted by molar-refractivity contribution is 9.10. The molecule has 100 valence electrons. The molecule has 2 atom stereocenters. The van der Waals surface area contributed by atoms with Gasteiger partial charge < -0.3 is 14.7 Å². The van der Waals surface area contributed by atoms with Crippen molar-refractivity contribution in [3.8, 4) is 5.75 Å². The first-order chi connectivity index (χ1) is 8.60. The van der Waals surface area contributed by atoms with E-state index in [0.29, 0.717) is 5.92 Å². The molecule has 0 spiro atoms. The molecular weight excluding hydrogens is 294 g/mol. The summed E-state index contributed by atoms with van der Waals surface area (Å²) in [7, 11) is 3.78. The topological polar surface area (TPSA) is 32.7 Å². The minimum absolute atomic E-state index is 0.179. The number of benzene rings is 1. The number of aliphatic hydroxyl groups excluding tert-OH is 1. The zero-order valence-corrected chi connectivity index (χ0v) is 12.5. The first-order valence-electron chi connectivity index (χ1n) is 6.29. The maximum Gasteiger partial charge on any atom is 0.133 e. The largest absolute Gasteiger partial charge is 0.496 e. The van der Waals surface area contributed by atoms with E-state index in [-0.39, 0.29) is 6.10 Å². The van der Waals surface area contributed by atoms with Gasteiger partial charge in [-0.3, -0.25) is 0 Å². The average Bonchev–Trinajstić information content (AvgIpc) is 2.34. The third-order valence-electron chi connectivity index (χ3n) is 3.61. The van der Waals surface area contributed by atoms with Crippen LogP contribution < -0.4 is 4.74 Å². The molecule has 1 heterocycles. The number of nitrogens with zero attached hydrogens (tertiary/aromatic N) is 1. The van der Waals surface area contributed by atoms with Crippen LogP contribution in [0.4, 0.5) is 0 Å². The Kier molecular flexibility index (Phi) is 4.65. The van der Waals surface area contributed by atoms with Gasteiger partial charge in [0.05, 0.1) is 17.7 Å². The van der Waals surface area contributed by atoms with Crippen LogP contribution in [0.2, 0.25) is 0 Å². The lowest BCUT2D eigenvalue weighted by atomic mass is 9.89. The molecule has 1 aliphatic heterocycles. The van der Waals surface area contributed by atoms with E-state index in [1.165, 1.54) is 5.56 Å². The lowest BCUT2D eigenvalue weighted by Crippen LogP contribution is -2.41. The van der Waals surface area contributed by atoms with Gasteiger partial charge in [-0.2, -0.15) is 0 Å². The van der Waals surface area contributed by atoms with E-state index < -0.39 is 0 Å². The highest BCUT2D eigenvalue weighted by atomic mass is 79.9. The molecule has 2 rings (SSSR count). The first-order valence-corrected chi connectivity index (χ1v) is 7.08. The van der Waals surface area contributed by atoms with Gasteiger partial charge in [0, 0.05) is 19.0 Å². The molecule has 0 radical (unpaired) electrons. The van der Waals surface area contributed by atoms with Crippen molar-refractivity contribution in [1.29, 1.82) is 0 Å². The molecule has 1 aromatic carbocycles. The molecule has 2 unspecified atom stereocenters. The summed E-state index contributed by atoms with van der Waals surface area (Å²) in [5.74, 6) is 1.17. The summed E-state index contributed by atoms with van der Waals surface area (Å²) in [6.07, 6.45) is 1.61. The molecule has 1 fully saturated rings. The molecule has 1 aromatic rings. The fourth-order valence-corrected chi connectivity index (χ4v) is 3.13. The molecule has 0 saturated carbocycles. The quantitative estimate of drug-likeness (QED) is 0.929. The normalized spacial score (nSPS) is 25.1. The van der Waals surface area contributed by atoms with Gasteiger partial charge in [0.1, 0.15) is 5.75 Å². The Hall–Kier alpha value is -0.580. The molecule has 3 nitrogen and oxygen atoms in total. The van der Waals surface area contributed by atoms with E-state index in [0.717, 1.165) is 36.2 Å². The number of hydrogen-bond acceptors (Lipinski definition) is 3. The molecule has 4 heteroatoms. The molecule has 0 aliphatic carbocycles. The minimum Gasteiger partial charge on any atom is -0.496 e. The zero-order chi connectivity index (χ0) is 13.1. The molecule has 0 aromatic heterocycles. The van der Waals surface area contributed by atoms with E-state index in [2.05, 4.69) is 40.0 Å². The monoisotopic (exact) mass is 313 g/mol. The summed E-state index contributed by atoms with van der Waals surface area (Å²) < 4.78 is 6.20. The van der Waals surface area contributed by atoms with Crippen molar-refractivity contribution in [3.63, 3.8) is 0 Å². The Morgan fingerprint density at radius 3 is 2.94 bits per heavy atom. The van der Waals surface area contributed by atoms with Crippen molar-refractivity contribution < 1.29 is 9.84 Å². The van der Waals surface area contributed by atoms with Crippen molar-refractivity contribution in [2.45, 2.75) is 18.9 Å². The van der Waals surface area contributed by atoms with Gasteiger partial charge in [0.25, 0.3) is 0 Å². The van der Waals surface area contributed by atoms with Gasteiger partial charge in [0.2, 0.25) is 0 Å². The molecule has 0 bridgehead atoms. The number of halogens is 1. The number of methoxy groups -OCH3 is 1. The van der Waals surface area contributed by atoms with Gasteiger partial charge in [0.15, 0.2) is 0 Å². The maximum absolute atomic E-state index is 10.1. The fraction of sp³-hybridized carbons (Fsp3) is 0.571. The zero-order valence-electron chi connectivity index (χ0n) is 10.9. The Bertz CT molecular complexity index is 411. The highest BCUT2D eigenvalue weighted by Gasteiger charge is 2.26. The first kappa shape index (κ1) is 13.8. The fourth-order valence-electron chi connectivity index (χ4n) is 2.54. The lowest BCUT2D eigenvalue weighted by molar-refractivity contribution is 0.0366. The standard InChI is InChI=1S/C14H20BrNO2/c1-16-6-5-13(17)11(9-16)7-10-3-4-14(18-2)12(15)8-10/h3-4,8,11,13,17H,5-7,9H2,1-2H3. The summed E-state index contributed by atoms with van der Waals surface area (Å²) >= 11 is 3.50. The third kappa shape index (κ3) is 3.25. The second kappa shape index (κ2) is 6.04. The van der Waals surface area contributed by atoms with Gasteiger partial charge in [-0.25, -0.2) is 0 Å². The van der Waals surface area contributed by atoms with Crippen molar-refractivity contribution in [1.82, 2.24) is 4.90 Å². The van der Waals surface area contributed by atoms with E-state index in [4.69, 9.17) is 4.74 Å². The van der Waals surface area contributed by atoms with Crippen molar-refractivity contribution >= 4 is 15.9 Å². The minimum atomic E-state index is -0.179. The summed E-state index contributed by atoms with van der Waals surface area (Å²) in [6, 6.07) is 6.13. The number of piperidine rings is 1. The predicted molar refractivity (Wildman–Crippen MR) is 76.0 cm³/mol. The van der Waals surface area contributed by atoms with Crippen LogP contribution in [0.3, 0.4) is 0 Å². The molecule has 0 amide bonds. The van der Waals surface area contributed by atoms with Crippen molar-refractivity contribution in [3.05, 3.63) is 28.2 Å². The van der Waals surface area contributed by atoms with Crippen LogP contribution in [0.5, 0.6) is 5.75 Å². The molecule has 1 aliphatic rings. The van der Waals surface area contributed by atoms with E-state index >= 15 is 0 Å². The second-order valence-corrected chi connectivity index (χ2v) is 5.91. The van der Waals surface area contributed by atoms with Crippen LogP contribution >= 0.6 is 15.9 Å². The molecule has 1 saturated heterocycles. The summed E-state index contributed by atoms with van der Waals surface area (Å²) in [6.45, 7) is 1.95. The molecule has 18 heavy (non-hydrogen) atoms. The Morgan fingerprint density at radius 2 is 2.28 bits per heavy atom. The van der Waals surface area contributed by atoms with Crippen LogP contribution in [0.1, 0.15) is 12.0 Å². The van der Waals surface area contributed by atoms with Gasteiger partial charge in [-0.15, -0.1) is 0 Å². The summed E-state index contributed by atoms with van der Waals surface area (Å²) in [4.78, 5) is 2.29. The van der Waals surface area contributed by atoms with Crippen LogP contribution in [-0.4, -0.2) is 43.4 Å². The van der Waals surface area contributed by atoms with E-state index in [1.807, 2.05) is 6.07 Å². The predicted octanol–water partition coefficient (Wildman–Crippen LogP) is 2.31. The van der Waals surface area contributed by atoms with Crippen molar-refractivity contribution in [2.24, 2.45) is 5.92 Å². The highest BCUT2D eigenvalue weighted by Crippen LogP contribution is 2.28. The second-order valence-electron chi connectivity index (χ2n) is 5.05. The summed E-state index contributed by atoms with van der Waals surface area (Å²) in [5, 5.41) is 10.1. The van der Waals surface area contributed by atoms with Crippen molar-refractivity contribution in [2.75, 3.05) is 27.2 Å². The smallest absolute Gasteiger partial charge is 0.133 e. The van der Waals surface area contributed by atoms with E-state index in [1.54, 1.807) is 7.11 Å². The van der Waals surface area contributed by atoms with Crippen LogP contribution in [-0.2, 0) is 6.42 Å². The van der Waals surface area contributed by atoms with Crippen LogP contribution in [0.25, 0.3) is 0 Å². The lowest BCUT2D eigenvalue weighted by Gasteiger charge is -2.34. The Balaban J connectivity index is 2.06. The Morgan fingerprint density at radius 1 is 1.50 bits per heavy atom. The van der Waals surface area contributed by atoms with Gasteiger partial charge in [-0.1, -0.05) is 6.07 Å². The van der Waals surface area contributed by atoms with E-state index in [9.17, 15) is 5.11 Å². The number of rotatable bonds is 3. The average molecular weight is 314 g/mol. The van der Waals surface area contributed by atoms with Crippen LogP contribution in [0.15, 0.2) is 22.7 Å². The molecular formula is C14H20BrNO2. The number of likely N-dealkylation sites (tertiary alicyclic amines) is 1. The Labute approximate surface area is 117 Å². The van der Waals surface area contributed by atoms with Gasteiger partial charge >= 0.3 is 0 Å². The number of hydrogen-bond donors (Lipinski definition) is 1. The van der Waals surface area contributed by atoms with Crippen LogP contribution in [0, 0.1) is 5.92 Å². The molecule has 1 N–H and O–H groups in total. The third-order valence-corrected chi connectivity index (χ3v) is 4.23. The SMILES string of the molecule is COc1ccc(CC2CN(C)CCC2O)cc1Br.